The Morgan fingerprint density at radius 3 is 2.38 bits per heavy atom. The smallest absolute Gasteiger partial charge is 0.0365 e. The number of nitrogens with zero attached hydrogens (tertiary/aromatic N) is 1. The van der Waals surface area contributed by atoms with Crippen molar-refractivity contribution in [2.24, 2.45) is 0 Å². The lowest BCUT2D eigenvalue weighted by Crippen LogP contribution is -2.44. The Kier molecular flexibility index (Phi) is 5.07. The first-order chi connectivity index (χ1) is 6.26. The molecular weight excluding hydrogens is 184 g/mol. The molecule has 1 N–H and O–H groups in total. The van der Waals surface area contributed by atoms with Gasteiger partial charge >= 0.3 is 0 Å². The van der Waals surface area contributed by atoms with E-state index in [0.717, 1.165) is 39.0 Å². The fourth-order valence-electron chi connectivity index (χ4n) is 1.68. The van der Waals surface area contributed by atoms with Crippen LogP contribution in [0.2, 0.25) is 0 Å². The average Bonchev–Trinajstić information content (AvgIpc) is 2.09. The molecule has 0 aromatic carbocycles. The van der Waals surface area contributed by atoms with E-state index in [2.05, 4.69) is 24.1 Å². The van der Waals surface area contributed by atoms with Gasteiger partial charge in [-0.2, -0.15) is 0 Å². The molecule has 1 fully saturated rings. The number of alkyl halides is 1. The van der Waals surface area contributed by atoms with Crippen LogP contribution in [0.3, 0.4) is 0 Å². The molecule has 1 aliphatic rings. The van der Waals surface area contributed by atoms with E-state index in [1.54, 1.807) is 0 Å². The predicted molar refractivity (Wildman–Crippen MR) is 58.5 cm³/mol. The SMILES string of the molecule is CCN(CC)CCNC1CC(Cl)C1. The Morgan fingerprint density at radius 2 is 1.92 bits per heavy atom. The molecular formula is C10H21ClN2. The molecule has 0 saturated heterocycles. The summed E-state index contributed by atoms with van der Waals surface area (Å²) < 4.78 is 0. The molecule has 0 amide bonds. The third-order valence-corrected chi connectivity index (χ3v) is 3.19. The van der Waals surface area contributed by atoms with Crippen LogP contribution in [-0.4, -0.2) is 42.5 Å². The van der Waals surface area contributed by atoms with Crippen molar-refractivity contribution in [2.75, 3.05) is 26.2 Å². The summed E-state index contributed by atoms with van der Waals surface area (Å²) in [6.45, 7) is 9.00. The van der Waals surface area contributed by atoms with Gasteiger partial charge in [-0.1, -0.05) is 13.8 Å². The second kappa shape index (κ2) is 5.84. The van der Waals surface area contributed by atoms with Crippen LogP contribution in [0.15, 0.2) is 0 Å². The fraction of sp³-hybridized carbons (Fsp3) is 1.00. The third-order valence-electron chi connectivity index (χ3n) is 2.84. The highest BCUT2D eigenvalue weighted by atomic mass is 35.5. The predicted octanol–water partition coefficient (Wildman–Crippen LogP) is 1.69. The Hall–Kier alpha value is 0.210. The van der Waals surface area contributed by atoms with Gasteiger partial charge in [0.1, 0.15) is 0 Å². The number of hydrogen-bond donors (Lipinski definition) is 1. The first-order valence-electron chi connectivity index (χ1n) is 5.36. The van der Waals surface area contributed by atoms with Crippen LogP contribution in [-0.2, 0) is 0 Å². The van der Waals surface area contributed by atoms with Crippen LogP contribution < -0.4 is 5.32 Å². The van der Waals surface area contributed by atoms with Gasteiger partial charge in [0.25, 0.3) is 0 Å². The molecule has 0 spiro atoms. The van der Waals surface area contributed by atoms with Gasteiger partial charge in [-0.15, -0.1) is 11.6 Å². The minimum absolute atomic E-state index is 0.436. The van der Waals surface area contributed by atoms with E-state index in [1.165, 1.54) is 0 Å². The fourth-order valence-corrected chi connectivity index (χ4v) is 2.11. The molecule has 0 aliphatic heterocycles. The van der Waals surface area contributed by atoms with Crippen molar-refractivity contribution >= 4 is 11.6 Å². The zero-order valence-electron chi connectivity index (χ0n) is 8.72. The van der Waals surface area contributed by atoms with Gasteiger partial charge in [0.05, 0.1) is 0 Å². The summed E-state index contributed by atoms with van der Waals surface area (Å²) >= 11 is 5.89. The van der Waals surface area contributed by atoms with Crippen LogP contribution >= 0.6 is 11.6 Å². The lowest BCUT2D eigenvalue weighted by Gasteiger charge is -2.32. The van der Waals surface area contributed by atoms with Gasteiger partial charge in [0.15, 0.2) is 0 Å². The molecule has 0 atom stereocenters. The third kappa shape index (κ3) is 3.84. The standard InChI is InChI=1S/C10H21ClN2/c1-3-13(4-2)6-5-12-10-7-9(11)8-10/h9-10,12H,3-8H2,1-2H3. The maximum absolute atomic E-state index is 5.89. The van der Waals surface area contributed by atoms with Crippen molar-refractivity contribution in [3.05, 3.63) is 0 Å². The maximum atomic E-state index is 5.89. The molecule has 0 heterocycles. The summed E-state index contributed by atoms with van der Waals surface area (Å²) in [7, 11) is 0. The second-order valence-corrected chi connectivity index (χ2v) is 4.36. The summed E-state index contributed by atoms with van der Waals surface area (Å²) in [5.74, 6) is 0. The average molecular weight is 205 g/mol. The molecule has 0 aromatic heterocycles. The van der Waals surface area contributed by atoms with Crippen molar-refractivity contribution in [3.63, 3.8) is 0 Å². The van der Waals surface area contributed by atoms with E-state index in [4.69, 9.17) is 11.6 Å². The molecule has 1 saturated carbocycles. The normalized spacial score (nSPS) is 27.7. The largest absolute Gasteiger partial charge is 0.313 e. The summed E-state index contributed by atoms with van der Waals surface area (Å²) in [5.41, 5.74) is 0. The Morgan fingerprint density at radius 1 is 1.31 bits per heavy atom. The highest BCUT2D eigenvalue weighted by molar-refractivity contribution is 6.21. The van der Waals surface area contributed by atoms with Gasteiger partial charge in [-0.05, 0) is 25.9 Å². The van der Waals surface area contributed by atoms with Crippen LogP contribution in [0, 0.1) is 0 Å². The molecule has 3 heteroatoms. The zero-order valence-corrected chi connectivity index (χ0v) is 9.48. The molecule has 1 aliphatic carbocycles. The first-order valence-corrected chi connectivity index (χ1v) is 5.79. The lowest BCUT2D eigenvalue weighted by molar-refractivity contribution is 0.276. The Labute approximate surface area is 86.6 Å². The number of halogens is 1. The number of hydrogen-bond acceptors (Lipinski definition) is 2. The van der Waals surface area contributed by atoms with Crippen LogP contribution in [0.5, 0.6) is 0 Å². The van der Waals surface area contributed by atoms with E-state index in [1.807, 2.05) is 0 Å². The van der Waals surface area contributed by atoms with Gasteiger partial charge in [-0.3, -0.25) is 0 Å². The minimum atomic E-state index is 0.436. The highest BCUT2D eigenvalue weighted by Gasteiger charge is 2.26. The molecule has 0 aromatic rings. The molecule has 0 bridgehead atoms. The van der Waals surface area contributed by atoms with Crippen molar-refractivity contribution < 1.29 is 0 Å². The Balaban J connectivity index is 1.94. The van der Waals surface area contributed by atoms with Crippen LogP contribution in [0.25, 0.3) is 0 Å². The maximum Gasteiger partial charge on any atom is 0.0365 e. The molecule has 1 rings (SSSR count). The summed E-state index contributed by atoms with van der Waals surface area (Å²) in [6, 6.07) is 0.693. The molecule has 78 valence electrons. The van der Waals surface area contributed by atoms with Gasteiger partial charge in [0, 0.05) is 24.5 Å². The molecule has 0 radical (unpaired) electrons. The van der Waals surface area contributed by atoms with Gasteiger partial charge in [-0.25, -0.2) is 0 Å². The van der Waals surface area contributed by atoms with Crippen LogP contribution in [0.1, 0.15) is 26.7 Å². The van der Waals surface area contributed by atoms with E-state index in [9.17, 15) is 0 Å². The minimum Gasteiger partial charge on any atom is -0.313 e. The second-order valence-electron chi connectivity index (χ2n) is 3.75. The summed E-state index contributed by atoms with van der Waals surface area (Å²) in [4.78, 5) is 2.43. The first kappa shape index (κ1) is 11.3. The Bertz CT molecular complexity index is 131. The molecule has 2 nitrogen and oxygen atoms in total. The quantitative estimate of drug-likeness (QED) is 0.663. The van der Waals surface area contributed by atoms with Crippen molar-refractivity contribution in [1.29, 1.82) is 0 Å². The molecule has 13 heavy (non-hydrogen) atoms. The summed E-state index contributed by atoms with van der Waals surface area (Å²) in [6.07, 6.45) is 2.31. The zero-order chi connectivity index (χ0) is 9.68. The van der Waals surface area contributed by atoms with E-state index in [-0.39, 0.29) is 0 Å². The summed E-state index contributed by atoms with van der Waals surface area (Å²) in [5, 5.41) is 3.96. The number of nitrogens with one attached hydrogen (secondary N) is 1. The molecule has 0 unspecified atom stereocenters. The monoisotopic (exact) mass is 204 g/mol. The van der Waals surface area contributed by atoms with E-state index >= 15 is 0 Å². The van der Waals surface area contributed by atoms with E-state index in [0.29, 0.717) is 11.4 Å². The van der Waals surface area contributed by atoms with Crippen molar-refractivity contribution in [3.8, 4) is 0 Å². The number of likely N-dealkylation sites (N-methyl/N-ethyl adjacent to an activating group) is 1. The van der Waals surface area contributed by atoms with Gasteiger partial charge < -0.3 is 10.2 Å². The van der Waals surface area contributed by atoms with Crippen molar-refractivity contribution in [1.82, 2.24) is 10.2 Å². The topological polar surface area (TPSA) is 15.3 Å². The van der Waals surface area contributed by atoms with Gasteiger partial charge in [0.2, 0.25) is 0 Å². The number of rotatable bonds is 6. The lowest BCUT2D eigenvalue weighted by atomic mass is 9.92. The highest BCUT2D eigenvalue weighted by Crippen LogP contribution is 2.24. The van der Waals surface area contributed by atoms with Crippen LogP contribution in [0.4, 0.5) is 0 Å². The van der Waals surface area contributed by atoms with E-state index < -0.39 is 0 Å². The van der Waals surface area contributed by atoms with Crippen molar-refractivity contribution in [2.45, 2.75) is 38.1 Å².